The molecule has 0 atom stereocenters. The Morgan fingerprint density at radius 3 is 2.21 bits per heavy atom. The van der Waals surface area contributed by atoms with Crippen LogP contribution in [0.5, 0.6) is 0 Å². The van der Waals surface area contributed by atoms with Crippen molar-refractivity contribution in [1.29, 1.82) is 0 Å². The molecule has 0 aromatic heterocycles. The first kappa shape index (κ1) is 13.2. The summed E-state index contributed by atoms with van der Waals surface area (Å²) >= 11 is 0. The van der Waals surface area contributed by atoms with Crippen LogP contribution in [0.4, 0.5) is 0 Å². The zero-order chi connectivity index (χ0) is 11.1. The summed E-state index contributed by atoms with van der Waals surface area (Å²) in [5.74, 6) is 6.80. The molecule has 0 aliphatic rings. The highest BCUT2D eigenvalue weighted by molar-refractivity contribution is 5.79. The highest BCUT2D eigenvalue weighted by atomic mass is 15.4. The molecule has 0 saturated heterocycles. The van der Waals surface area contributed by atoms with E-state index in [9.17, 15) is 0 Å². The van der Waals surface area contributed by atoms with Crippen LogP contribution in [0, 0.1) is 5.92 Å². The molecule has 0 rings (SSSR count). The van der Waals surface area contributed by atoms with E-state index in [-0.39, 0.29) is 0 Å². The molecule has 0 unspecified atom stereocenters. The van der Waals surface area contributed by atoms with Crippen LogP contribution in [-0.4, -0.2) is 30.0 Å². The maximum absolute atomic E-state index is 5.45. The van der Waals surface area contributed by atoms with E-state index in [0.29, 0.717) is 12.0 Å². The van der Waals surface area contributed by atoms with Crippen molar-refractivity contribution in [3.8, 4) is 0 Å². The van der Waals surface area contributed by atoms with Gasteiger partial charge in [-0.3, -0.25) is 10.4 Å². The predicted octanol–water partition coefficient (Wildman–Crippen LogP) is 1.19. The zero-order valence-electron chi connectivity index (χ0n) is 10.0. The first-order valence-corrected chi connectivity index (χ1v) is 5.30. The van der Waals surface area contributed by atoms with E-state index in [1.54, 1.807) is 0 Å². The molecule has 0 fully saturated rings. The molecule has 0 saturated carbocycles. The molecule has 0 heterocycles. The summed E-state index contributed by atoms with van der Waals surface area (Å²) in [6.45, 7) is 12.4. The van der Waals surface area contributed by atoms with Gasteiger partial charge in [0.1, 0.15) is 0 Å². The Kier molecular flexibility index (Phi) is 6.28. The van der Waals surface area contributed by atoms with E-state index in [2.05, 4.69) is 49.9 Å². The molecule has 0 radical (unpaired) electrons. The lowest BCUT2D eigenvalue weighted by Gasteiger charge is -2.28. The normalized spacial score (nSPS) is 12.4. The second kappa shape index (κ2) is 6.65. The van der Waals surface area contributed by atoms with Crippen LogP contribution >= 0.6 is 0 Å². The van der Waals surface area contributed by atoms with Crippen LogP contribution in [0.3, 0.4) is 0 Å². The average Bonchev–Trinajstić information content (AvgIpc) is 2.10. The summed E-state index contributed by atoms with van der Waals surface area (Å²) in [5.41, 5.74) is 2.67. The molecule has 84 valence electrons. The summed E-state index contributed by atoms with van der Waals surface area (Å²) in [5, 5.41) is 0. The molecule has 0 spiro atoms. The van der Waals surface area contributed by atoms with Gasteiger partial charge in [0.05, 0.1) is 0 Å². The topological polar surface area (TPSA) is 53.6 Å². The van der Waals surface area contributed by atoms with Gasteiger partial charge in [-0.1, -0.05) is 13.8 Å². The van der Waals surface area contributed by atoms with Gasteiger partial charge in [0.25, 0.3) is 0 Å². The van der Waals surface area contributed by atoms with Gasteiger partial charge >= 0.3 is 0 Å². The number of hydrazine groups is 1. The smallest absolute Gasteiger partial charge is 0.208 e. The SMILES string of the molecule is CCN(C(=NCC(C)C)NN)C(C)C. The second-order valence-electron chi connectivity index (χ2n) is 4.08. The predicted molar refractivity (Wildman–Crippen MR) is 62.0 cm³/mol. The van der Waals surface area contributed by atoms with Crippen LogP contribution in [-0.2, 0) is 0 Å². The fourth-order valence-electron chi connectivity index (χ4n) is 1.25. The summed E-state index contributed by atoms with van der Waals surface area (Å²) in [6.07, 6.45) is 0. The summed E-state index contributed by atoms with van der Waals surface area (Å²) in [7, 11) is 0. The molecular formula is C10H24N4. The number of nitrogens with one attached hydrogen (secondary N) is 1. The first-order chi connectivity index (χ1) is 6.52. The molecule has 0 aromatic rings. The van der Waals surface area contributed by atoms with Gasteiger partial charge in [0, 0.05) is 19.1 Å². The van der Waals surface area contributed by atoms with Crippen molar-refractivity contribution in [2.75, 3.05) is 13.1 Å². The van der Waals surface area contributed by atoms with Gasteiger partial charge < -0.3 is 4.90 Å². The van der Waals surface area contributed by atoms with Gasteiger partial charge in [-0.15, -0.1) is 0 Å². The third-order valence-corrected chi connectivity index (χ3v) is 1.97. The van der Waals surface area contributed by atoms with E-state index in [1.807, 2.05) is 0 Å². The number of guanidine groups is 1. The molecule has 3 N–H and O–H groups in total. The lowest BCUT2D eigenvalue weighted by molar-refractivity contribution is 0.352. The maximum atomic E-state index is 5.45. The Morgan fingerprint density at radius 2 is 1.93 bits per heavy atom. The fraction of sp³-hybridized carbons (Fsp3) is 0.900. The molecule has 4 heteroatoms. The lowest BCUT2D eigenvalue weighted by atomic mass is 10.2. The highest BCUT2D eigenvalue weighted by Gasteiger charge is 2.11. The van der Waals surface area contributed by atoms with E-state index in [0.717, 1.165) is 19.0 Å². The standard InChI is InChI=1S/C10H24N4/c1-6-14(9(4)5)10(13-11)12-7-8(2)3/h8-9H,6-7,11H2,1-5H3,(H,12,13). The lowest BCUT2D eigenvalue weighted by Crippen LogP contribution is -2.48. The zero-order valence-corrected chi connectivity index (χ0v) is 10.0. The quantitative estimate of drug-likeness (QED) is 0.310. The molecule has 0 bridgehead atoms. The van der Waals surface area contributed by atoms with E-state index >= 15 is 0 Å². The largest absolute Gasteiger partial charge is 0.340 e. The van der Waals surface area contributed by atoms with Gasteiger partial charge in [-0.25, -0.2) is 5.84 Å². The van der Waals surface area contributed by atoms with E-state index in [1.165, 1.54) is 0 Å². The minimum absolute atomic E-state index is 0.418. The minimum atomic E-state index is 0.418. The number of rotatable bonds is 4. The van der Waals surface area contributed by atoms with Crippen molar-refractivity contribution in [2.24, 2.45) is 16.8 Å². The molecule has 0 aromatic carbocycles. The Balaban J connectivity index is 4.42. The molecule has 0 amide bonds. The molecular weight excluding hydrogens is 176 g/mol. The van der Waals surface area contributed by atoms with Crippen molar-refractivity contribution in [3.63, 3.8) is 0 Å². The maximum Gasteiger partial charge on any atom is 0.208 e. The number of hydrogen-bond donors (Lipinski definition) is 2. The van der Waals surface area contributed by atoms with E-state index < -0.39 is 0 Å². The van der Waals surface area contributed by atoms with Crippen LogP contribution in [0.25, 0.3) is 0 Å². The molecule has 4 nitrogen and oxygen atoms in total. The Morgan fingerprint density at radius 1 is 1.36 bits per heavy atom. The van der Waals surface area contributed by atoms with Gasteiger partial charge in [0.2, 0.25) is 5.96 Å². The number of nitrogens with two attached hydrogens (primary N) is 1. The van der Waals surface area contributed by atoms with E-state index in [4.69, 9.17) is 5.84 Å². The van der Waals surface area contributed by atoms with Gasteiger partial charge in [0.15, 0.2) is 0 Å². The average molecular weight is 200 g/mol. The monoisotopic (exact) mass is 200 g/mol. The summed E-state index contributed by atoms with van der Waals surface area (Å²) in [4.78, 5) is 6.58. The highest BCUT2D eigenvalue weighted by Crippen LogP contribution is 1.99. The third-order valence-electron chi connectivity index (χ3n) is 1.97. The molecule has 0 aliphatic heterocycles. The van der Waals surface area contributed by atoms with Crippen molar-refractivity contribution in [2.45, 2.75) is 40.7 Å². The Labute approximate surface area is 87.5 Å². The molecule has 14 heavy (non-hydrogen) atoms. The van der Waals surface area contributed by atoms with Gasteiger partial charge in [-0.05, 0) is 26.7 Å². The van der Waals surface area contributed by atoms with Crippen molar-refractivity contribution < 1.29 is 0 Å². The third kappa shape index (κ3) is 4.46. The molecule has 0 aliphatic carbocycles. The number of nitrogens with zero attached hydrogens (tertiary/aromatic N) is 2. The number of aliphatic imine (C=N–C) groups is 1. The van der Waals surface area contributed by atoms with Crippen molar-refractivity contribution in [3.05, 3.63) is 0 Å². The van der Waals surface area contributed by atoms with Crippen molar-refractivity contribution >= 4 is 5.96 Å². The van der Waals surface area contributed by atoms with Crippen LogP contribution in [0.1, 0.15) is 34.6 Å². The van der Waals surface area contributed by atoms with Gasteiger partial charge in [-0.2, -0.15) is 0 Å². The Hall–Kier alpha value is -0.770. The fourth-order valence-corrected chi connectivity index (χ4v) is 1.25. The van der Waals surface area contributed by atoms with Crippen LogP contribution < -0.4 is 11.3 Å². The summed E-state index contributed by atoms with van der Waals surface area (Å²) < 4.78 is 0. The summed E-state index contributed by atoms with van der Waals surface area (Å²) in [6, 6.07) is 0.418. The second-order valence-corrected chi connectivity index (χ2v) is 4.08. The van der Waals surface area contributed by atoms with Crippen LogP contribution in [0.2, 0.25) is 0 Å². The van der Waals surface area contributed by atoms with Crippen molar-refractivity contribution in [1.82, 2.24) is 10.3 Å². The minimum Gasteiger partial charge on any atom is -0.340 e. The number of hydrogen-bond acceptors (Lipinski definition) is 2. The first-order valence-electron chi connectivity index (χ1n) is 5.30. The Bertz CT molecular complexity index is 175. The van der Waals surface area contributed by atoms with Crippen LogP contribution in [0.15, 0.2) is 4.99 Å².